The van der Waals surface area contributed by atoms with E-state index in [9.17, 15) is 23.6 Å². The number of ether oxygens (including phenoxy) is 2. The van der Waals surface area contributed by atoms with Gasteiger partial charge in [0.1, 0.15) is 5.82 Å². The van der Waals surface area contributed by atoms with Crippen LogP contribution in [-0.2, 0) is 19.1 Å². The Morgan fingerprint density at radius 3 is 1.77 bits per heavy atom. The van der Waals surface area contributed by atoms with Crippen molar-refractivity contribution >= 4 is 78.9 Å². The van der Waals surface area contributed by atoms with E-state index >= 15 is 0 Å². The minimum atomic E-state index is -1.26. The van der Waals surface area contributed by atoms with E-state index in [4.69, 9.17) is 42.9 Å². The number of carboxylic acid groups (broad SMARTS) is 2. The van der Waals surface area contributed by atoms with Gasteiger partial charge in [-0.05, 0) is 65.4 Å². The highest BCUT2D eigenvalue weighted by molar-refractivity contribution is 9.10. The molecule has 0 aliphatic rings. The summed E-state index contributed by atoms with van der Waals surface area (Å²) in [5.74, 6) is -4.68. The van der Waals surface area contributed by atoms with Gasteiger partial charge in [-0.3, -0.25) is 9.59 Å². The lowest BCUT2D eigenvalue weighted by atomic mass is 9.95. The quantitative estimate of drug-likeness (QED) is 0.188. The number of carboxylic acids is 2. The monoisotopic (exact) mass is 714 g/mol. The highest BCUT2D eigenvalue weighted by Crippen LogP contribution is 2.36. The second kappa shape index (κ2) is 16.2. The Hall–Kier alpha value is -2.21. The SMILES string of the molecule is CCOC(=O)C[C@@H](C)c1c(F)c(Br)cc(C(=O)O)c1Cl.CCOC(=O)C[C@H](C)c1cc(Br)cc(C(=O)O)c1Cl. The van der Waals surface area contributed by atoms with Crippen LogP contribution in [0.2, 0.25) is 10.0 Å². The molecule has 0 heterocycles. The van der Waals surface area contributed by atoms with Crippen molar-refractivity contribution in [1.82, 2.24) is 0 Å². The van der Waals surface area contributed by atoms with E-state index in [2.05, 4.69) is 31.9 Å². The zero-order chi connectivity index (χ0) is 30.0. The maximum absolute atomic E-state index is 14.1. The fourth-order valence-corrected chi connectivity index (χ4v) is 5.19. The fraction of sp³-hybridized carbons (Fsp3) is 0.385. The number of benzene rings is 2. The van der Waals surface area contributed by atoms with Crippen molar-refractivity contribution in [1.29, 1.82) is 0 Å². The van der Waals surface area contributed by atoms with Crippen molar-refractivity contribution in [2.24, 2.45) is 0 Å². The molecule has 2 aromatic rings. The van der Waals surface area contributed by atoms with Crippen molar-refractivity contribution < 1.29 is 43.3 Å². The molecule has 2 atom stereocenters. The van der Waals surface area contributed by atoms with E-state index in [1.165, 1.54) is 6.07 Å². The normalized spacial score (nSPS) is 12.0. The second-order valence-electron chi connectivity index (χ2n) is 8.23. The maximum atomic E-state index is 14.1. The summed E-state index contributed by atoms with van der Waals surface area (Å²) in [6.07, 6.45) is 0.0725. The number of hydrogen-bond donors (Lipinski definition) is 2. The number of carbonyl (C=O) groups excluding carboxylic acids is 2. The molecule has 0 fully saturated rings. The first-order valence-corrected chi connectivity index (χ1v) is 13.9. The Balaban J connectivity index is 0.000000391. The number of aromatic carboxylic acids is 2. The zero-order valence-corrected chi connectivity index (χ0v) is 26.1. The van der Waals surface area contributed by atoms with Gasteiger partial charge < -0.3 is 19.7 Å². The maximum Gasteiger partial charge on any atom is 0.337 e. The molecule has 0 bridgehead atoms. The van der Waals surface area contributed by atoms with Crippen LogP contribution in [0.3, 0.4) is 0 Å². The van der Waals surface area contributed by atoms with Crippen molar-refractivity contribution in [2.45, 2.75) is 52.4 Å². The van der Waals surface area contributed by atoms with Gasteiger partial charge >= 0.3 is 23.9 Å². The summed E-state index contributed by atoms with van der Waals surface area (Å²) < 4.78 is 24.4. The molecular formula is C26H27Br2Cl2FO8. The number of hydrogen-bond acceptors (Lipinski definition) is 6. The van der Waals surface area contributed by atoms with E-state index in [1.54, 1.807) is 33.8 Å². The number of carbonyl (C=O) groups is 4. The molecule has 0 saturated carbocycles. The predicted molar refractivity (Wildman–Crippen MR) is 152 cm³/mol. The van der Waals surface area contributed by atoms with E-state index in [0.29, 0.717) is 16.6 Å². The highest BCUT2D eigenvalue weighted by atomic mass is 79.9. The molecule has 0 amide bonds. The van der Waals surface area contributed by atoms with Gasteiger partial charge in [-0.1, -0.05) is 53.0 Å². The summed E-state index contributed by atoms with van der Waals surface area (Å²) in [5.41, 5.74) is 0.403. The lowest BCUT2D eigenvalue weighted by molar-refractivity contribution is -0.144. The smallest absolute Gasteiger partial charge is 0.337 e. The molecular weight excluding hydrogens is 690 g/mol. The van der Waals surface area contributed by atoms with Crippen LogP contribution in [0.15, 0.2) is 27.1 Å². The largest absolute Gasteiger partial charge is 0.478 e. The molecule has 0 saturated heterocycles. The average Bonchev–Trinajstić information content (AvgIpc) is 2.82. The van der Waals surface area contributed by atoms with Crippen molar-refractivity contribution in [3.63, 3.8) is 0 Å². The second-order valence-corrected chi connectivity index (χ2v) is 10.8. The molecule has 0 spiro atoms. The van der Waals surface area contributed by atoms with E-state index in [-0.39, 0.29) is 62.5 Å². The van der Waals surface area contributed by atoms with Crippen LogP contribution in [0, 0.1) is 5.82 Å². The van der Waals surface area contributed by atoms with Gasteiger partial charge in [-0.25, -0.2) is 14.0 Å². The molecule has 0 aliphatic carbocycles. The van der Waals surface area contributed by atoms with Gasteiger partial charge in [0.15, 0.2) is 0 Å². The molecule has 0 aromatic heterocycles. The first-order chi connectivity index (χ1) is 18.2. The molecule has 2 aromatic carbocycles. The molecule has 13 heteroatoms. The molecule has 8 nitrogen and oxygen atoms in total. The third-order valence-electron chi connectivity index (χ3n) is 5.30. The van der Waals surface area contributed by atoms with Crippen LogP contribution in [0.4, 0.5) is 4.39 Å². The van der Waals surface area contributed by atoms with E-state index < -0.39 is 29.6 Å². The Morgan fingerprint density at radius 1 is 0.846 bits per heavy atom. The minimum absolute atomic E-state index is 0.00788. The number of halogens is 5. The van der Waals surface area contributed by atoms with E-state index in [1.807, 2.05) is 0 Å². The van der Waals surface area contributed by atoms with Crippen molar-refractivity contribution in [2.75, 3.05) is 13.2 Å². The first-order valence-electron chi connectivity index (χ1n) is 11.6. The Bertz CT molecular complexity index is 1240. The average molecular weight is 717 g/mol. The summed E-state index contributed by atoms with van der Waals surface area (Å²) in [6.45, 7) is 7.32. The summed E-state index contributed by atoms with van der Waals surface area (Å²) in [4.78, 5) is 45.0. The summed E-state index contributed by atoms with van der Waals surface area (Å²) in [7, 11) is 0. The molecule has 2 N–H and O–H groups in total. The fourth-order valence-electron chi connectivity index (χ4n) is 3.49. The molecule has 214 valence electrons. The van der Waals surface area contributed by atoms with Gasteiger partial charge in [0.05, 0.1) is 51.7 Å². The Morgan fingerprint density at radius 2 is 1.31 bits per heavy atom. The standard InChI is InChI=1S/C13H13BrClFO4.C13H14BrClO4/c1-3-20-9(17)4-6(2)10-11(15)7(13(18)19)5-8(14)12(10)16;1-3-19-11(16)4-7(2)9-5-8(14)6-10(12(9)15)13(17)18/h5-6H,3-4H2,1-2H3,(H,18,19);5-7H,3-4H2,1-2H3,(H,17,18)/t6-;7-/m10/s1. The summed E-state index contributed by atoms with van der Waals surface area (Å²) in [5, 5.41) is 18.1. The van der Waals surface area contributed by atoms with Crippen LogP contribution in [0.25, 0.3) is 0 Å². The number of rotatable bonds is 10. The van der Waals surface area contributed by atoms with Gasteiger partial charge in [0.25, 0.3) is 0 Å². The molecule has 0 unspecified atom stereocenters. The molecule has 2 rings (SSSR count). The van der Waals surface area contributed by atoms with Crippen LogP contribution in [-0.4, -0.2) is 47.3 Å². The van der Waals surface area contributed by atoms with Crippen molar-refractivity contribution in [3.05, 3.63) is 65.3 Å². The van der Waals surface area contributed by atoms with Gasteiger partial charge in [0.2, 0.25) is 0 Å². The van der Waals surface area contributed by atoms with E-state index in [0.717, 1.165) is 6.07 Å². The van der Waals surface area contributed by atoms with Gasteiger partial charge in [0, 0.05) is 10.0 Å². The number of esters is 2. The highest BCUT2D eigenvalue weighted by Gasteiger charge is 2.25. The Labute approximate surface area is 252 Å². The van der Waals surface area contributed by atoms with Crippen LogP contribution >= 0.6 is 55.1 Å². The van der Waals surface area contributed by atoms with Crippen molar-refractivity contribution in [3.8, 4) is 0 Å². The predicted octanol–water partition coefficient (Wildman–Crippen LogP) is 7.85. The Kier molecular flexibility index (Phi) is 14.4. The third-order valence-corrected chi connectivity index (χ3v) is 7.16. The lowest BCUT2D eigenvalue weighted by Crippen LogP contribution is -2.12. The summed E-state index contributed by atoms with van der Waals surface area (Å²) in [6, 6.07) is 4.25. The van der Waals surface area contributed by atoms with Gasteiger partial charge in [-0.15, -0.1) is 0 Å². The zero-order valence-electron chi connectivity index (χ0n) is 21.4. The molecule has 39 heavy (non-hydrogen) atoms. The van der Waals surface area contributed by atoms with Crippen LogP contribution < -0.4 is 0 Å². The minimum Gasteiger partial charge on any atom is -0.478 e. The van der Waals surface area contributed by atoms with Gasteiger partial charge in [-0.2, -0.15) is 0 Å². The van der Waals surface area contributed by atoms with Crippen LogP contribution in [0.5, 0.6) is 0 Å². The molecule has 0 radical (unpaired) electrons. The molecule has 0 aliphatic heterocycles. The first kappa shape index (κ1) is 34.8. The third kappa shape index (κ3) is 10.0. The van der Waals surface area contributed by atoms with Crippen LogP contribution in [0.1, 0.15) is 84.2 Å². The summed E-state index contributed by atoms with van der Waals surface area (Å²) >= 11 is 18.2. The topological polar surface area (TPSA) is 127 Å². The lowest BCUT2D eigenvalue weighted by Gasteiger charge is -2.16.